The van der Waals surface area contributed by atoms with Crippen molar-refractivity contribution >= 4 is 20.0 Å². The molecule has 0 fully saturated rings. The molecule has 0 aliphatic rings. The summed E-state index contributed by atoms with van der Waals surface area (Å²) in [6, 6.07) is 6.40. The zero-order valence-corrected chi connectivity index (χ0v) is 37.6. The van der Waals surface area contributed by atoms with Crippen molar-refractivity contribution in [2.75, 3.05) is 65.9 Å². The largest absolute Gasteiger partial charge is 0.460 e. The Morgan fingerprint density at radius 2 is 0.614 bits per heavy atom. The van der Waals surface area contributed by atoms with Crippen LogP contribution in [0, 0.1) is 0 Å². The van der Waals surface area contributed by atoms with Gasteiger partial charge < -0.3 is 8.97 Å². The highest BCUT2D eigenvalue weighted by Crippen LogP contribution is 2.62. The van der Waals surface area contributed by atoms with E-state index in [4.69, 9.17) is 0 Å². The van der Waals surface area contributed by atoms with Crippen molar-refractivity contribution in [3.63, 3.8) is 0 Å². The summed E-state index contributed by atoms with van der Waals surface area (Å²) in [4.78, 5) is 0. The fraction of sp³-hybridized carbons (Fsp3) is 0.824. The molecular formula is C34H42F26N4O4S2+2. The van der Waals surface area contributed by atoms with Crippen LogP contribution in [-0.4, -0.2) is 163 Å². The van der Waals surface area contributed by atoms with Crippen LogP contribution in [0.25, 0.3) is 0 Å². The average molecular weight is 1130 g/mol. The van der Waals surface area contributed by atoms with E-state index in [-0.39, 0.29) is 48.0 Å². The molecule has 0 radical (unpaired) electrons. The van der Waals surface area contributed by atoms with E-state index in [1.165, 1.54) is 0 Å². The Hall–Kier alpha value is -2.86. The maximum Gasteiger partial charge on any atom is 0.460 e. The second-order valence-electron chi connectivity index (χ2n) is 17.1. The third-order valence-electron chi connectivity index (χ3n) is 10.1. The Kier molecular flexibility index (Phi) is 19.0. The van der Waals surface area contributed by atoms with Crippen LogP contribution in [0.3, 0.4) is 0 Å². The van der Waals surface area contributed by atoms with Crippen molar-refractivity contribution in [1.82, 2.24) is 9.44 Å². The number of benzene rings is 1. The van der Waals surface area contributed by atoms with Crippen LogP contribution in [-0.2, 0) is 33.1 Å². The number of alkyl halides is 26. The van der Waals surface area contributed by atoms with Crippen molar-refractivity contribution in [3.8, 4) is 0 Å². The second kappa shape index (κ2) is 20.5. The molecule has 0 amide bonds. The van der Waals surface area contributed by atoms with Crippen LogP contribution in [0.2, 0.25) is 0 Å². The van der Waals surface area contributed by atoms with Gasteiger partial charge in [-0.1, -0.05) is 24.3 Å². The molecular weight excluding hydrogens is 1090 g/mol. The van der Waals surface area contributed by atoms with Crippen molar-refractivity contribution < 1.29 is 140 Å². The number of rotatable bonds is 28. The van der Waals surface area contributed by atoms with Gasteiger partial charge in [-0.2, -0.15) is 114 Å². The number of sulfonamides is 2. The van der Waals surface area contributed by atoms with Gasteiger partial charge in [0.25, 0.3) is 0 Å². The Labute approximate surface area is 381 Å². The van der Waals surface area contributed by atoms with Crippen molar-refractivity contribution in [2.24, 2.45) is 0 Å². The van der Waals surface area contributed by atoms with Gasteiger partial charge >= 0.3 is 71.6 Å². The Morgan fingerprint density at radius 3 is 0.843 bits per heavy atom. The third kappa shape index (κ3) is 13.8. The first-order valence-electron chi connectivity index (χ1n) is 19.1. The summed E-state index contributed by atoms with van der Waals surface area (Å²) in [5.74, 6) is -81.2. The lowest BCUT2D eigenvalue weighted by Gasteiger charge is -2.39. The smallest absolute Gasteiger partial charge is 0.325 e. The topological polar surface area (TPSA) is 92.3 Å². The molecule has 1 rings (SSSR count). The molecule has 414 valence electrons. The van der Waals surface area contributed by atoms with Gasteiger partial charge in [-0.3, -0.25) is 0 Å². The predicted octanol–water partition coefficient (Wildman–Crippen LogP) is 9.72. The second-order valence-corrected chi connectivity index (χ2v) is 20.9. The molecule has 0 saturated heterocycles. The lowest BCUT2D eigenvalue weighted by atomic mass is 9.93. The number of hydrogen-bond donors (Lipinski definition) is 2. The first kappa shape index (κ1) is 65.2. The van der Waals surface area contributed by atoms with Gasteiger partial charge in [0.05, 0.1) is 52.8 Å². The predicted molar refractivity (Wildman–Crippen MR) is 191 cm³/mol. The molecule has 0 aliphatic carbocycles. The average Bonchev–Trinajstić information content (AvgIpc) is 3.16. The number of halogens is 26. The molecule has 0 bridgehead atoms. The van der Waals surface area contributed by atoms with Gasteiger partial charge in [-0.05, 0) is 0 Å². The highest BCUT2D eigenvalue weighted by Gasteiger charge is 2.92. The number of quaternary nitrogens is 2. The van der Waals surface area contributed by atoms with Crippen LogP contribution < -0.4 is 9.44 Å². The molecule has 0 saturated carbocycles. The van der Waals surface area contributed by atoms with Gasteiger partial charge in [0.1, 0.15) is 13.1 Å². The van der Waals surface area contributed by atoms with Crippen molar-refractivity contribution in [2.45, 2.75) is 110 Å². The van der Waals surface area contributed by atoms with Crippen LogP contribution >= 0.6 is 0 Å². The summed E-state index contributed by atoms with van der Waals surface area (Å²) in [7, 11) is -3.93. The van der Waals surface area contributed by atoms with E-state index < -0.39 is 129 Å². The summed E-state index contributed by atoms with van der Waals surface area (Å²) in [6.45, 7) is -0.811. The van der Waals surface area contributed by atoms with Crippen molar-refractivity contribution in [1.29, 1.82) is 0 Å². The maximum atomic E-state index is 14.1. The minimum atomic E-state index is -8.14. The number of nitrogens with zero attached hydrogens (tertiary/aromatic N) is 2. The van der Waals surface area contributed by atoms with Crippen LogP contribution in [0.15, 0.2) is 24.3 Å². The SMILES string of the molecule is C[N+](C)(CCCNS(=O)(=O)CCC(F)(F)C(F)(F)C(F)(F)C(F)(F)C(F)(F)C(F)(F)F)Cc1ccc(C[N+](C)(C)CCCNS(=O)(=O)CCC(F)(F)C(F)(F)C(F)(F)C(F)(F)C(F)(F)C(F)(F)F)cc1. The molecule has 36 heteroatoms. The molecule has 0 heterocycles. The summed E-state index contributed by atoms with van der Waals surface area (Å²) in [5.41, 5.74) is 1.24. The quantitative estimate of drug-likeness (QED) is 0.0497. The van der Waals surface area contributed by atoms with Crippen LogP contribution in [0.4, 0.5) is 114 Å². The van der Waals surface area contributed by atoms with Gasteiger partial charge in [-0.25, -0.2) is 26.3 Å². The summed E-state index contributed by atoms with van der Waals surface area (Å²) >= 11 is 0. The molecule has 1 aromatic rings. The standard InChI is InChI=1S/C34H42F26N4O4S2/c1-63(2,15-5-13-61-69(65,66)17-11-23(35,36)25(39,40)27(43,44)29(47,48)31(51,52)33(55,56)57)19-21-7-9-22(10-8-21)20-64(3,4)16-6-14-62-70(67,68)18-12-24(37,38)26(41,42)28(45,46)30(49,50)32(53,54)34(58,59)60/h7-10,61-62H,5-6,11-20H2,1-4H3/q+2. The molecule has 0 atom stereocenters. The minimum absolute atomic E-state index is 0.0397. The summed E-state index contributed by atoms with van der Waals surface area (Å²) in [6.07, 6.45) is -21.4. The van der Waals surface area contributed by atoms with Gasteiger partial charge in [0, 0.05) is 49.9 Å². The maximum absolute atomic E-state index is 14.1. The molecule has 0 unspecified atom stereocenters. The lowest BCUT2D eigenvalue weighted by Crippen LogP contribution is -2.70. The van der Waals surface area contributed by atoms with Gasteiger partial charge in [0.15, 0.2) is 0 Å². The van der Waals surface area contributed by atoms with E-state index in [9.17, 15) is 131 Å². The minimum Gasteiger partial charge on any atom is -0.325 e. The van der Waals surface area contributed by atoms with E-state index >= 15 is 0 Å². The molecule has 0 aliphatic heterocycles. The Balaban J connectivity index is 2.76. The highest BCUT2D eigenvalue weighted by molar-refractivity contribution is 7.89. The Bertz CT molecular complexity index is 1980. The highest BCUT2D eigenvalue weighted by atomic mass is 32.2. The first-order valence-corrected chi connectivity index (χ1v) is 22.4. The molecule has 0 spiro atoms. The summed E-state index contributed by atoms with van der Waals surface area (Å²) in [5, 5.41) is 0. The Morgan fingerprint density at radius 1 is 0.386 bits per heavy atom. The number of nitrogens with one attached hydrogen (secondary N) is 2. The summed E-state index contributed by atoms with van der Waals surface area (Å²) < 4.78 is 398. The molecule has 0 aromatic heterocycles. The zero-order chi connectivity index (χ0) is 55.9. The molecule has 8 nitrogen and oxygen atoms in total. The fourth-order valence-corrected chi connectivity index (χ4v) is 8.20. The molecule has 1 aromatic carbocycles. The van der Waals surface area contributed by atoms with E-state index in [1.807, 2.05) is 0 Å². The number of hydrogen-bond acceptors (Lipinski definition) is 4. The van der Waals surface area contributed by atoms with Crippen molar-refractivity contribution in [3.05, 3.63) is 35.4 Å². The van der Waals surface area contributed by atoms with Gasteiger partial charge in [-0.15, -0.1) is 0 Å². The fourth-order valence-electron chi connectivity index (χ4n) is 5.95. The van der Waals surface area contributed by atoms with E-state index in [0.29, 0.717) is 11.1 Å². The van der Waals surface area contributed by atoms with Gasteiger partial charge in [0.2, 0.25) is 20.0 Å². The zero-order valence-electron chi connectivity index (χ0n) is 36.0. The molecule has 2 N–H and O–H groups in total. The monoisotopic (exact) mass is 1130 g/mol. The first-order chi connectivity index (χ1) is 30.5. The normalized spacial score (nSPS) is 15.7. The van der Waals surface area contributed by atoms with E-state index in [2.05, 4.69) is 0 Å². The molecule has 70 heavy (non-hydrogen) atoms. The van der Waals surface area contributed by atoms with Crippen LogP contribution in [0.1, 0.15) is 36.8 Å². The van der Waals surface area contributed by atoms with E-state index in [0.717, 1.165) is 0 Å². The third-order valence-corrected chi connectivity index (χ3v) is 12.9. The van der Waals surface area contributed by atoms with E-state index in [1.54, 1.807) is 61.9 Å². The van der Waals surface area contributed by atoms with Crippen LogP contribution in [0.5, 0.6) is 0 Å². The lowest BCUT2D eigenvalue weighted by molar-refractivity contribution is -0.904.